The minimum absolute atomic E-state index is 0.0121. The van der Waals surface area contributed by atoms with Crippen LogP contribution in [-0.2, 0) is 26.0 Å². The topological polar surface area (TPSA) is 86.8 Å². The predicted molar refractivity (Wildman–Crippen MR) is 154 cm³/mol. The maximum absolute atomic E-state index is 13.9. The Morgan fingerprint density at radius 1 is 0.950 bits per heavy atom. The Morgan fingerprint density at radius 2 is 1.57 bits per heavy atom. The molecule has 0 heterocycles. The van der Waals surface area contributed by atoms with Crippen LogP contribution in [0.4, 0.5) is 10.1 Å². The molecule has 0 aromatic heterocycles. The second kappa shape index (κ2) is 13.1. The van der Waals surface area contributed by atoms with Crippen molar-refractivity contribution in [3.05, 3.63) is 95.8 Å². The number of carbonyl (C=O) groups excluding carboxylic acids is 2. The molecule has 1 atom stereocenters. The molecule has 0 unspecified atom stereocenters. The molecule has 212 valence electrons. The summed E-state index contributed by atoms with van der Waals surface area (Å²) in [4.78, 5) is 28.6. The summed E-state index contributed by atoms with van der Waals surface area (Å²) < 4.78 is 42.3. The van der Waals surface area contributed by atoms with Crippen LogP contribution in [0.5, 0.6) is 0 Å². The van der Waals surface area contributed by atoms with Gasteiger partial charge in [0.25, 0.3) is 10.0 Å². The number of carbonyl (C=O) groups is 2. The van der Waals surface area contributed by atoms with Crippen LogP contribution in [0.25, 0.3) is 0 Å². The number of sulfonamides is 1. The molecule has 1 aliphatic carbocycles. The second-order valence-corrected chi connectivity index (χ2v) is 12.2. The Balaban J connectivity index is 1.63. The monoisotopic (exact) mass is 565 g/mol. The number of aryl methyl sites for hydroxylation is 1. The van der Waals surface area contributed by atoms with E-state index >= 15 is 0 Å². The van der Waals surface area contributed by atoms with Gasteiger partial charge in [-0.15, -0.1) is 0 Å². The molecule has 0 bridgehead atoms. The Kier molecular flexibility index (Phi) is 9.58. The first kappa shape index (κ1) is 29.3. The largest absolute Gasteiger partial charge is 0.352 e. The van der Waals surface area contributed by atoms with Gasteiger partial charge in [-0.25, -0.2) is 12.8 Å². The van der Waals surface area contributed by atoms with E-state index in [4.69, 9.17) is 0 Å². The highest BCUT2D eigenvalue weighted by Crippen LogP contribution is 2.25. The smallest absolute Gasteiger partial charge is 0.264 e. The van der Waals surface area contributed by atoms with Crippen molar-refractivity contribution in [1.29, 1.82) is 0 Å². The minimum Gasteiger partial charge on any atom is -0.352 e. The van der Waals surface area contributed by atoms with Crippen LogP contribution in [-0.4, -0.2) is 50.3 Å². The molecule has 0 aliphatic heterocycles. The average molecular weight is 566 g/mol. The number of hydrogen-bond donors (Lipinski definition) is 1. The highest BCUT2D eigenvalue weighted by molar-refractivity contribution is 7.92. The molecule has 40 heavy (non-hydrogen) atoms. The number of benzene rings is 3. The number of amides is 2. The van der Waals surface area contributed by atoms with Crippen molar-refractivity contribution >= 4 is 27.5 Å². The fourth-order valence-corrected chi connectivity index (χ4v) is 6.35. The summed E-state index contributed by atoms with van der Waals surface area (Å²) in [6.45, 7) is 3.20. The normalized spacial score (nSPS) is 14.5. The van der Waals surface area contributed by atoms with Gasteiger partial charge in [0, 0.05) is 12.6 Å². The zero-order valence-corrected chi connectivity index (χ0v) is 23.7. The molecule has 3 aromatic rings. The zero-order chi connectivity index (χ0) is 28.7. The standard InChI is InChI=1S/C31H36FN3O4S/c1-23-12-18-29(19-13-23)40(38,39)35(28-16-14-26(32)15-17-28)22-30(36)34(21-20-25-8-4-3-5-9-25)24(2)31(37)33-27-10-6-7-11-27/h3-5,8-9,12-19,24,27H,6-7,10-11,20-22H2,1-2H3,(H,33,37)/t24-/m1/s1. The molecule has 0 spiro atoms. The molecule has 1 saturated carbocycles. The van der Waals surface area contributed by atoms with Crippen molar-refractivity contribution in [2.75, 3.05) is 17.4 Å². The summed E-state index contributed by atoms with van der Waals surface area (Å²) in [5.74, 6) is -1.31. The van der Waals surface area contributed by atoms with Gasteiger partial charge in [-0.2, -0.15) is 0 Å². The fourth-order valence-electron chi connectivity index (χ4n) is 4.94. The lowest BCUT2D eigenvalue weighted by atomic mass is 10.1. The first-order valence-corrected chi connectivity index (χ1v) is 15.1. The van der Waals surface area contributed by atoms with E-state index in [0.29, 0.717) is 6.42 Å². The van der Waals surface area contributed by atoms with Gasteiger partial charge in [0.15, 0.2) is 0 Å². The third kappa shape index (κ3) is 7.27. The Labute approximate surface area is 236 Å². The van der Waals surface area contributed by atoms with Gasteiger partial charge in [-0.1, -0.05) is 60.9 Å². The summed E-state index contributed by atoms with van der Waals surface area (Å²) in [5, 5.41) is 3.06. The van der Waals surface area contributed by atoms with Crippen LogP contribution in [0.15, 0.2) is 83.8 Å². The number of rotatable bonds is 11. The van der Waals surface area contributed by atoms with Crippen LogP contribution < -0.4 is 9.62 Å². The van der Waals surface area contributed by atoms with E-state index < -0.39 is 34.3 Å². The number of hydrogen-bond acceptors (Lipinski definition) is 4. The lowest BCUT2D eigenvalue weighted by Gasteiger charge is -2.32. The van der Waals surface area contributed by atoms with Crippen molar-refractivity contribution in [2.24, 2.45) is 0 Å². The van der Waals surface area contributed by atoms with Crippen LogP contribution in [0, 0.1) is 12.7 Å². The van der Waals surface area contributed by atoms with Gasteiger partial charge < -0.3 is 10.2 Å². The third-order valence-corrected chi connectivity index (χ3v) is 9.14. The van der Waals surface area contributed by atoms with E-state index in [1.165, 1.54) is 29.2 Å². The zero-order valence-electron chi connectivity index (χ0n) is 22.9. The van der Waals surface area contributed by atoms with Crippen molar-refractivity contribution in [3.8, 4) is 0 Å². The van der Waals surface area contributed by atoms with Crippen molar-refractivity contribution in [3.63, 3.8) is 0 Å². The third-order valence-electron chi connectivity index (χ3n) is 7.36. The molecular weight excluding hydrogens is 529 g/mol. The Morgan fingerprint density at radius 3 is 2.20 bits per heavy atom. The minimum atomic E-state index is -4.18. The van der Waals surface area contributed by atoms with Crippen LogP contribution in [0.1, 0.15) is 43.7 Å². The molecule has 1 aliphatic rings. The SMILES string of the molecule is Cc1ccc(S(=O)(=O)N(CC(=O)N(CCc2ccccc2)[C@H](C)C(=O)NC2CCCC2)c2ccc(F)cc2)cc1. The van der Waals surface area contributed by atoms with E-state index in [1.54, 1.807) is 19.1 Å². The van der Waals surface area contributed by atoms with Gasteiger partial charge in [0.1, 0.15) is 18.4 Å². The lowest BCUT2D eigenvalue weighted by molar-refractivity contribution is -0.139. The fraction of sp³-hybridized carbons (Fsp3) is 0.355. The number of nitrogens with one attached hydrogen (secondary N) is 1. The summed E-state index contributed by atoms with van der Waals surface area (Å²) in [7, 11) is -4.18. The molecular formula is C31H36FN3O4S. The van der Waals surface area contributed by atoms with Gasteiger partial charge in [-0.3, -0.25) is 13.9 Å². The van der Waals surface area contributed by atoms with Crippen LogP contribution >= 0.6 is 0 Å². The summed E-state index contributed by atoms with van der Waals surface area (Å²) in [5.41, 5.74) is 2.03. The molecule has 0 saturated heterocycles. The van der Waals surface area contributed by atoms with Crippen molar-refractivity contribution in [2.45, 2.75) is 62.9 Å². The second-order valence-electron chi connectivity index (χ2n) is 10.3. The summed E-state index contributed by atoms with van der Waals surface area (Å²) in [6, 6.07) is 20.2. The highest BCUT2D eigenvalue weighted by Gasteiger charge is 2.33. The lowest BCUT2D eigenvalue weighted by Crippen LogP contribution is -2.53. The molecule has 3 aromatic carbocycles. The molecule has 1 fully saturated rings. The molecule has 0 radical (unpaired) electrons. The van der Waals surface area contributed by atoms with Gasteiger partial charge in [0.05, 0.1) is 10.6 Å². The van der Waals surface area contributed by atoms with Crippen LogP contribution in [0.2, 0.25) is 0 Å². The van der Waals surface area contributed by atoms with E-state index in [2.05, 4.69) is 5.32 Å². The number of anilines is 1. The quantitative estimate of drug-likeness (QED) is 0.360. The maximum Gasteiger partial charge on any atom is 0.264 e. The number of nitrogens with zero attached hydrogens (tertiary/aromatic N) is 2. The molecule has 1 N–H and O–H groups in total. The van der Waals surface area contributed by atoms with E-state index in [-0.39, 0.29) is 29.1 Å². The first-order chi connectivity index (χ1) is 19.1. The van der Waals surface area contributed by atoms with Gasteiger partial charge in [0.2, 0.25) is 11.8 Å². The van der Waals surface area contributed by atoms with Gasteiger partial charge >= 0.3 is 0 Å². The Hall–Kier alpha value is -3.72. The predicted octanol–water partition coefficient (Wildman–Crippen LogP) is 4.85. The first-order valence-electron chi connectivity index (χ1n) is 13.6. The van der Waals surface area contributed by atoms with Crippen molar-refractivity contribution < 1.29 is 22.4 Å². The van der Waals surface area contributed by atoms with E-state index in [9.17, 15) is 22.4 Å². The van der Waals surface area contributed by atoms with Crippen LogP contribution in [0.3, 0.4) is 0 Å². The van der Waals surface area contributed by atoms with Gasteiger partial charge in [-0.05, 0) is 75.1 Å². The summed E-state index contributed by atoms with van der Waals surface area (Å²) in [6.07, 6.45) is 4.42. The van der Waals surface area contributed by atoms with Crippen molar-refractivity contribution in [1.82, 2.24) is 10.2 Å². The van der Waals surface area contributed by atoms with E-state index in [1.807, 2.05) is 37.3 Å². The average Bonchev–Trinajstić information content (AvgIpc) is 3.46. The Bertz CT molecular complexity index is 1390. The molecule has 2 amide bonds. The van der Waals surface area contributed by atoms with E-state index in [0.717, 1.165) is 53.2 Å². The maximum atomic E-state index is 13.9. The number of halogens is 1. The summed E-state index contributed by atoms with van der Waals surface area (Å²) >= 11 is 0. The molecule has 9 heteroatoms. The molecule has 7 nitrogen and oxygen atoms in total. The highest BCUT2D eigenvalue weighted by atomic mass is 32.2. The molecule has 4 rings (SSSR count).